The van der Waals surface area contributed by atoms with Crippen LogP contribution in [0.3, 0.4) is 0 Å². The first-order valence-electron chi connectivity index (χ1n) is 5.19. The third kappa shape index (κ3) is 5.77. The second-order valence-corrected chi connectivity index (χ2v) is 4.82. The highest BCUT2D eigenvalue weighted by molar-refractivity contribution is 7.99. The third-order valence-electron chi connectivity index (χ3n) is 2.11. The fourth-order valence-electron chi connectivity index (χ4n) is 1.27. The van der Waals surface area contributed by atoms with Crippen LogP contribution in [-0.2, 0) is 0 Å². The number of hydrogen-bond acceptors (Lipinski definition) is 2. The van der Waals surface area contributed by atoms with Gasteiger partial charge in [0.25, 0.3) is 0 Å². The molecule has 1 rings (SSSR count). The zero-order chi connectivity index (χ0) is 12.9. The van der Waals surface area contributed by atoms with Crippen molar-refractivity contribution < 1.29 is 18.0 Å². The van der Waals surface area contributed by atoms with Gasteiger partial charge in [0.1, 0.15) is 0 Å². The maximum Gasteiger partial charge on any atom is 0.389 e. The van der Waals surface area contributed by atoms with Crippen LogP contribution in [0.1, 0.15) is 30.1 Å². The first-order chi connectivity index (χ1) is 7.88. The van der Waals surface area contributed by atoms with Gasteiger partial charge in [-0.2, -0.15) is 13.2 Å². The highest BCUT2D eigenvalue weighted by Gasteiger charge is 2.25. The second kappa shape index (κ2) is 6.10. The molecule has 0 atom stereocenters. The van der Waals surface area contributed by atoms with Crippen molar-refractivity contribution in [3.05, 3.63) is 29.8 Å². The minimum Gasteiger partial charge on any atom is -0.295 e. The van der Waals surface area contributed by atoms with E-state index >= 15 is 0 Å². The van der Waals surface area contributed by atoms with Crippen molar-refractivity contribution in [2.75, 3.05) is 5.75 Å². The van der Waals surface area contributed by atoms with Crippen molar-refractivity contribution >= 4 is 17.5 Å². The second-order valence-electron chi connectivity index (χ2n) is 3.65. The minimum atomic E-state index is -4.08. The Morgan fingerprint density at radius 1 is 1.35 bits per heavy atom. The topological polar surface area (TPSA) is 17.1 Å². The van der Waals surface area contributed by atoms with Gasteiger partial charge in [0, 0.05) is 16.9 Å². The predicted octanol–water partition coefficient (Wildman–Crippen LogP) is 4.32. The van der Waals surface area contributed by atoms with Gasteiger partial charge in [-0.3, -0.25) is 4.79 Å². The molecular formula is C12H13F3OS. The Morgan fingerprint density at radius 2 is 2.06 bits per heavy atom. The number of benzene rings is 1. The molecule has 94 valence electrons. The van der Waals surface area contributed by atoms with E-state index < -0.39 is 12.6 Å². The van der Waals surface area contributed by atoms with Crippen LogP contribution in [0.25, 0.3) is 0 Å². The summed E-state index contributed by atoms with van der Waals surface area (Å²) < 4.78 is 35.7. The van der Waals surface area contributed by atoms with Gasteiger partial charge in [-0.25, -0.2) is 0 Å². The molecule has 1 aromatic carbocycles. The molecule has 0 N–H and O–H groups in total. The Kier molecular flexibility index (Phi) is 5.05. The molecule has 5 heteroatoms. The van der Waals surface area contributed by atoms with Crippen molar-refractivity contribution in [3.8, 4) is 0 Å². The highest BCUT2D eigenvalue weighted by atomic mass is 32.2. The average molecular weight is 262 g/mol. The maximum atomic E-state index is 11.9. The molecule has 1 aromatic rings. The lowest BCUT2D eigenvalue weighted by Crippen LogP contribution is -2.06. The van der Waals surface area contributed by atoms with Crippen LogP contribution >= 0.6 is 11.8 Å². The molecule has 0 aliphatic rings. The predicted molar refractivity (Wildman–Crippen MR) is 62.5 cm³/mol. The number of rotatable bonds is 5. The Labute approximate surface area is 102 Å². The summed E-state index contributed by atoms with van der Waals surface area (Å²) in [5.74, 6) is 0.365. The summed E-state index contributed by atoms with van der Waals surface area (Å²) in [5, 5.41) is 0. The highest BCUT2D eigenvalue weighted by Crippen LogP contribution is 2.25. The van der Waals surface area contributed by atoms with E-state index in [1.54, 1.807) is 24.3 Å². The number of thioether (sulfide) groups is 1. The van der Waals surface area contributed by atoms with E-state index in [4.69, 9.17) is 0 Å². The molecule has 0 heterocycles. The number of carbonyl (C=O) groups excluding carboxylic acids is 1. The van der Waals surface area contributed by atoms with E-state index in [2.05, 4.69) is 0 Å². The number of halogens is 3. The number of hydrogen-bond donors (Lipinski definition) is 0. The van der Waals surface area contributed by atoms with E-state index in [1.807, 2.05) is 0 Å². The van der Waals surface area contributed by atoms with Crippen molar-refractivity contribution in [1.29, 1.82) is 0 Å². The Morgan fingerprint density at radius 3 is 2.65 bits per heavy atom. The average Bonchev–Trinajstić information content (AvgIpc) is 2.23. The minimum absolute atomic E-state index is 0.0391. The summed E-state index contributed by atoms with van der Waals surface area (Å²) in [6, 6.07) is 6.94. The van der Waals surface area contributed by atoms with E-state index in [0.717, 1.165) is 4.90 Å². The molecule has 0 saturated carbocycles. The van der Waals surface area contributed by atoms with Crippen LogP contribution in [0, 0.1) is 0 Å². The molecule has 0 saturated heterocycles. The molecule has 0 spiro atoms. The summed E-state index contributed by atoms with van der Waals surface area (Å²) >= 11 is 1.34. The zero-order valence-electron chi connectivity index (χ0n) is 9.38. The SMILES string of the molecule is CC(=O)c1cccc(SCCCC(F)(F)F)c1. The van der Waals surface area contributed by atoms with E-state index in [1.165, 1.54) is 18.7 Å². The molecule has 0 aromatic heterocycles. The molecule has 0 aliphatic heterocycles. The number of Topliss-reactive ketones (excluding diaryl/α,β-unsaturated/α-hetero) is 1. The van der Waals surface area contributed by atoms with Gasteiger partial charge in [-0.05, 0) is 31.2 Å². The lowest BCUT2D eigenvalue weighted by atomic mass is 10.2. The molecule has 0 fully saturated rings. The van der Waals surface area contributed by atoms with Gasteiger partial charge in [0.15, 0.2) is 5.78 Å². The van der Waals surface area contributed by atoms with Gasteiger partial charge in [-0.1, -0.05) is 12.1 Å². The van der Waals surface area contributed by atoms with Crippen molar-refractivity contribution in [2.45, 2.75) is 30.8 Å². The maximum absolute atomic E-state index is 11.9. The van der Waals surface area contributed by atoms with Gasteiger partial charge < -0.3 is 0 Å². The Bertz CT molecular complexity index is 388. The fourth-order valence-corrected chi connectivity index (χ4v) is 2.18. The Hall–Kier alpha value is -0.970. The number of carbonyl (C=O) groups is 1. The van der Waals surface area contributed by atoms with E-state index in [0.29, 0.717) is 11.3 Å². The summed E-state index contributed by atoms with van der Waals surface area (Å²) in [7, 11) is 0. The van der Waals surface area contributed by atoms with Crippen LogP contribution in [0.2, 0.25) is 0 Å². The van der Waals surface area contributed by atoms with Crippen LogP contribution < -0.4 is 0 Å². The molecule has 17 heavy (non-hydrogen) atoms. The largest absolute Gasteiger partial charge is 0.389 e. The van der Waals surface area contributed by atoms with Crippen LogP contribution in [0.5, 0.6) is 0 Å². The zero-order valence-corrected chi connectivity index (χ0v) is 10.2. The van der Waals surface area contributed by atoms with Crippen LogP contribution in [0.4, 0.5) is 13.2 Å². The Balaban J connectivity index is 2.42. The van der Waals surface area contributed by atoms with Gasteiger partial charge in [0.05, 0.1) is 0 Å². The van der Waals surface area contributed by atoms with Gasteiger partial charge >= 0.3 is 6.18 Å². The lowest BCUT2D eigenvalue weighted by molar-refractivity contribution is -0.134. The first kappa shape index (κ1) is 14.1. The summed E-state index contributed by atoms with van der Waals surface area (Å²) in [4.78, 5) is 11.9. The molecule has 0 amide bonds. The molecule has 0 bridgehead atoms. The summed E-state index contributed by atoms with van der Waals surface area (Å²) in [6.07, 6.45) is -4.74. The monoisotopic (exact) mass is 262 g/mol. The van der Waals surface area contributed by atoms with Gasteiger partial charge in [-0.15, -0.1) is 11.8 Å². The first-order valence-corrected chi connectivity index (χ1v) is 6.17. The van der Waals surface area contributed by atoms with E-state index in [-0.39, 0.29) is 12.2 Å². The lowest BCUT2D eigenvalue weighted by Gasteiger charge is -2.06. The van der Waals surface area contributed by atoms with E-state index in [9.17, 15) is 18.0 Å². The fraction of sp³-hybridized carbons (Fsp3) is 0.417. The number of ketones is 1. The molecule has 0 unspecified atom stereocenters. The number of alkyl halides is 3. The quantitative estimate of drug-likeness (QED) is 0.446. The third-order valence-corrected chi connectivity index (χ3v) is 3.19. The van der Waals surface area contributed by atoms with Crippen molar-refractivity contribution in [3.63, 3.8) is 0 Å². The normalized spacial score (nSPS) is 11.5. The summed E-state index contributed by atoms with van der Waals surface area (Å²) in [6.45, 7) is 1.47. The van der Waals surface area contributed by atoms with Crippen LogP contribution in [-0.4, -0.2) is 17.7 Å². The molecule has 0 aliphatic carbocycles. The van der Waals surface area contributed by atoms with Gasteiger partial charge in [0.2, 0.25) is 0 Å². The summed E-state index contributed by atoms with van der Waals surface area (Å²) in [5.41, 5.74) is 0.589. The smallest absolute Gasteiger partial charge is 0.295 e. The van der Waals surface area contributed by atoms with Crippen molar-refractivity contribution in [2.24, 2.45) is 0 Å². The molecule has 1 nitrogen and oxygen atoms in total. The molecule has 0 radical (unpaired) electrons. The van der Waals surface area contributed by atoms with Crippen LogP contribution in [0.15, 0.2) is 29.2 Å². The molecular weight excluding hydrogens is 249 g/mol. The van der Waals surface area contributed by atoms with Crippen molar-refractivity contribution in [1.82, 2.24) is 0 Å². The standard InChI is InChI=1S/C12H13F3OS/c1-9(16)10-4-2-5-11(8-10)17-7-3-6-12(13,14)15/h2,4-5,8H,3,6-7H2,1H3.